The first-order chi connectivity index (χ1) is 11.8. The summed E-state index contributed by atoms with van der Waals surface area (Å²) >= 11 is 0. The third kappa shape index (κ3) is 4.14. The lowest BCUT2D eigenvalue weighted by atomic mass is 9.81. The normalized spacial score (nSPS) is 26.0. The van der Waals surface area contributed by atoms with Gasteiger partial charge in [0.15, 0.2) is 0 Å². The van der Waals surface area contributed by atoms with Crippen LogP contribution in [0, 0.1) is 0 Å². The highest BCUT2D eigenvalue weighted by Crippen LogP contribution is 2.36. The molecule has 1 aromatic heterocycles. The average molecular weight is 348 g/mol. The Kier molecular flexibility index (Phi) is 5.34. The van der Waals surface area contributed by atoms with Crippen LogP contribution >= 0.6 is 0 Å². The van der Waals surface area contributed by atoms with Gasteiger partial charge in [0, 0.05) is 37.5 Å². The number of hydrogen-bond donors (Lipinski definition) is 1. The third-order valence-corrected chi connectivity index (χ3v) is 5.35. The van der Waals surface area contributed by atoms with Gasteiger partial charge in [0.25, 0.3) is 0 Å². The van der Waals surface area contributed by atoms with E-state index < -0.39 is 7.12 Å². The highest BCUT2D eigenvalue weighted by Gasteiger charge is 2.52. The van der Waals surface area contributed by atoms with Crippen LogP contribution in [0.4, 0.5) is 0 Å². The zero-order valence-corrected chi connectivity index (χ0v) is 15.7. The fraction of sp³-hybridized carbons (Fsp3) is 0.765. The second-order valence-electron chi connectivity index (χ2n) is 7.86. The lowest BCUT2D eigenvalue weighted by molar-refractivity contribution is 0.00578. The maximum absolute atomic E-state index is 6.02. The quantitative estimate of drug-likeness (QED) is 0.780. The van der Waals surface area contributed by atoms with Crippen molar-refractivity contribution in [3.63, 3.8) is 0 Å². The topological polar surface area (TPSA) is 82.7 Å². The Balaban J connectivity index is 1.60. The van der Waals surface area contributed by atoms with E-state index in [1.165, 1.54) is 0 Å². The molecule has 2 fully saturated rings. The summed E-state index contributed by atoms with van der Waals surface area (Å²) in [7, 11) is -0.450. The first-order valence-corrected chi connectivity index (χ1v) is 9.07. The number of piperidine rings is 1. The number of ether oxygens (including phenoxy) is 1. The maximum atomic E-state index is 6.02. The van der Waals surface area contributed by atoms with Gasteiger partial charge in [0.1, 0.15) is 6.10 Å². The Morgan fingerprint density at radius 3 is 2.48 bits per heavy atom. The summed E-state index contributed by atoms with van der Waals surface area (Å²) in [6.45, 7) is 11.7. The van der Waals surface area contributed by atoms with Crippen LogP contribution in [-0.2, 0) is 9.31 Å². The summed E-state index contributed by atoms with van der Waals surface area (Å²) < 4.78 is 18.0. The van der Waals surface area contributed by atoms with Crippen LogP contribution in [0.15, 0.2) is 12.4 Å². The van der Waals surface area contributed by atoms with Gasteiger partial charge in [-0.25, -0.2) is 9.97 Å². The Hall–Kier alpha value is -1.22. The van der Waals surface area contributed by atoms with Crippen molar-refractivity contribution < 1.29 is 14.0 Å². The molecule has 2 aliphatic heterocycles. The van der Waals surface area contributed by atoms with E-state index in [2.05, 4.69) is 14.9 Å². The Bertz CT molecular complexity index is 564. The summed E-state index contributed by atoms with van der Waals surface area (Å²) in [5, 5.41) is 0. The second-order valence-corrected chi connectivity index (χ2v) is 7.86. The molecule has 8 heteroatoms. The second kappa shape index (κ2) is 7.19. The molecule has 0 saturated carbocycles. The van der Waals surface area contributed by atoms with Crippen molar-refractivity contribution in [2.75, 3.05) is 26.2 Å². The molecule has 0 radical (unpaired) electrons. The number of hydrogen-bond acceptors (Lipinski definition) is 7. The molecule has 1 aromatic rings. The lowest BCUT2D eigenvalue weighted by Gasteiger charge is -2.32. The number of aromatic nitrogens is 2. The zero-order valence-electron chi connectivity index (χ0n) is 15.7. The van der Waals surface area contributed by atoms with Crippen molar-refractivity contribution in [2.24, 2.45) is 5.73 Å². The molecule has 3 heterocycles. The van der Waals surface area contributed by atoms with Crippen LogP contribution in [0.2, 0.25) is 0 Å². The minimum absolute atomic E-state index is 0.114. The Morgan fingerprint density at radius 1 is 1.24 bits per heavy atom. The summed E-state index contributed by atoms with van der Waals surface area (Å²) in [5.41, 5.74) is 5.70. The van der Waals surface area contributed by atoms with Crippen LogP contribution in [-0.4, -0.2) is 65.5 Å². The first kappa shape index (κ1) is 18.6. The molecule has 1 atom stereocenters. The molecule has 2 aliphatic rings. The van der Waals surface area contributed by atoms with Crippen LogP contribution in [0.25, 0.3) is 0 Å². The van der Waals surface area contributed by atoms with E-state index in [1.807, 2.05) is 27.7 Å². The van der Waals surface area contributed by atoms with Gasteiger partial charge in [-0.1, -0.05) is 0 Å². The van der Waals surface area contributed by atoms with Crippen molar-refractivity contribution in [2.45, 2.75) is 57.8 Å². The largest absolute Gasteiger partial charge is 0.498 e. The van der Waals surface area contributed by atoms with Crippen LogP contribution in [0.5, 0.6) is 6.01 Å². The van der Waals surface area contributed by atoms with E-state index in [1.54, 1.807) is 12.4 Å². The predicted molar refractivity (Wildman–Crippen MR) is 96.9 cm³/mol. The molecule has 0 unspecified atom stereocenters. The molecule has 0 aromatic carbocycles. The van der Waals surface area contributed by atoms with Crippen molar-refractivity contribution in [3.8, 4) is 6.01 Å². The summed E-state index contributed by atoms with van der Waals surface area (Å²) in [6, 6.07) is 0.403. The van der Waals surface area contributed by atoms with Crippen molar-refractivity contribution in [1.82, 2.24) is 14.9 Å². The number of nitrogens with zero attached hydrogens (tertiary/aromatic N) is 3. The van der Waals surface area contributed by atoms with Gasteiger partial charge in [0.05, 0.1) is 11.2 Å². The molecular weight excluding hydrogens is 319 g/mol. The van der Waals surface area contributed by atoms with E-state index >= 15 is 0 Å². The SMILES string of the molecule is CC1(C)OB(c2cnc(O[C@@H]3CCCN(CCN)C3)nc2)OC1(C)C. The zero-order chi connectivity index (χ0) is 18.1. The van der Waals surface area contributed by atoms with Gasteiger partial charge < -0.3 is 19.8 Å². The van der Waals surface area contributed by atoms with Gasteiger partial charge in [-0.3, -0.25) is 4.90 Å². The molecule has 7 nitrogen and oxygen atoms in total. The lowest BCUT2D eigenvalue weighted by Crippen LogP contribution is -2.43. The molecular formula is C17H29BN4O3. The molecule has 0 bridgehead atoms. The molecule has 138 valence electrons. The smallest absolute Gasteiger partial charge is 0.459 e. The summed E-state index contributed by atoms with van der Waals surface area (Å²) in [5.74, 6) is 0. The van der Waals surface area contributed by atoms with Crippen molar-refractivity contribution >= 4 is 12.6 Å². The third-order valence-electron chi connectivity index (χ3n) is 5.35. The predicted octanol–water partition coefficient (Wildman–Crippen LogP) is 0.578. The number of rotatable bonds is 5. The van der Waals surface area contributed by atoms with Gasteiger partial charge in [0.2, 0.25) is 0 Å². The molecule has 2 N–H and O–H groups in total. The first-order valence-electron chi connectivity index (χ1n) is 9.07. The Morgan fingerprint density at radius 2 is 1.88 bits per heavy atom. The van der Waals surface area contributed by atoms with E-state index in [9.17, 15) is 0 Å². The standard InChI is InChI=1S/C17H29BN4O3/c1-16(2)17(3,4)25-18(24-16)13-10-20-15(21-11-13)23-14-6-5-8-22(12-14)9-7-19/h10-11,14H,5-9,12,19H2,1-4H3/t14-/m1/s1. The van der Waals surface area contributed by atoms with Crippen LogP contribution in [0.3, 0.4) is 0 Å². The van der Waals surface area contributed by atoms with Crippen LogP contribution < -0.4 is 15.9 Å². The molecule has 0 amide bonds. The van der Waals surface area contributed by atoms with E-state index in [4.69, 9.17) is 19.8 Å². The van der Waals surface area contributed by atoms with E-state index in [-0.39, 0.29) is 17.3 Å². The highest BCUT2D eigenvalue weighted by atomic mass is 16.7. The van der Waals surface area contributed by atoms with E-state index in [0.29, 0.717) is 12.6 Å². The van der Waals surface area contributed by atoms with Crippen molar-refractivity contribution in [1.29, 1.82) is 0 Å². The number of nitrogens with two attached hydrogens (primary N) is 1. The minimum atomic E-state index is -0.450. The van der Waals surface area contributed by atoms with E-state index in [0.717, 1.165) is 37.9 Å². The van der Waals surface area contributed by atoms with Gasteiger partial charge in [-0.05, 0) is 47.1 Å². The molecule has 0 aliphatic carbocycles. The summed E-state index contributed by atoms with van der Waals surface area (Å²) in [4.78, 5) is 11.0. The Labute approximate surface area is 150 Å². The molecule has 25 heavy (non-hydrogen) atoms. The highest BCUT2D eigenvalue weighted by molar-refractivity contribution is 6.61. The maximum Gasteiger partial charge on any atom is 0.498 e. The van der Waals surface area contributed by atoms with Gasteiger partial charge in [-0.15, -0.1) is 0 Å². The van der Waals surface area contributed by atoms with Gasteiger partial charge >= 0.3 is 13.1 Å². The molecule has 2 saturated heterocycles. The van der Waals surface area contributed by atoms with Crippen LogP contribution in [0.1, 0.15) is 40.5 Å². The average Bonchev–Trinajstić information content (AvgIpc) is 2.77. The number of likely N-dealkylation sites (tertiary alicyclic amines) is 1. The minimum Gasteiger partial charge on any atom is -0.459 e. The fourth-order valence-corrected chi connectivity index (χ4v) is 3.13. The van der Waals surface area contributed by atoms with Gasteiger partial charge in [-0.2, -0.15) is 0 Å². The monoisotopic (exact) mass is 348 g/mol. The summed E-state index contributed by atoms with van der Waals surface area (Å²) in [6.07, 6.45) is 5.69. The van der Waals surface area contributed by atoms with Crippen molar-refractivity contribution in [3.05, 3.63) is 12.4 Å². The fourth-order valence-electron chi connectivity index (χ4n) is 3.13. The molecule has 0 spiro atoms. The molecule has 3 rings (SSSR count).